The Bertz CT molecular complexity index is 1110. The molecule has 0 saturated carbocycles. The summed E-state index contributed by atoms with van der Waals surface area (Å²) in [6.07, 6.45) is 0. The van der Waals surface area contributed by atoms with Gasteiger partial charge in [-0.15, -0.1) is 0 Å². The van der Waals surface area contributed by atoms with E-state index in [0.29, 0.717) is 6.54 Å². The zero-order valence-electron chi connectivity index (χ0n) is 13.9. The van der Waals surface area contributed by atoms with E-state index in [4.69, 9.17) is 5.11 Å². The van der Waals surface area contributed by atoms with Crippen LogP contribution in [0.2, 0.25) is 0 Å². The van der Waals surface area contributed by atoms with Crippen LogP contribution in [0.4, 0.5) is 4.39 Å². The number of pyridine rings is 1. The molecule has 0 aliphatic carbocycles. The summed E-state index contributed by atoms with van der Waals surface area (Å²) in [7, 11) is 0. The van der Waals surface area contributed by atoms with Gasteiger partial charge in [0.2, 0.25) is 0 Å². The van der Waals surface area contributed by atoms with Crippen LogP contribution in [0.15, 0.2) is 54.6 Å². The van der Waals surface area contributed by atoms with Crippen LogP contribution in [0, 0.1) is 12.7 Å². The monoisotopic (exact) mass is 350 g/mol. The Morgan fingerprint density at radius 2 is 1.88 bits per heavy atom. The summed E-state index contributed by atoms with van der Waals surface area (Å²) in [4.78, 5) is 11.1. The summed E-state index contributed by atoms with van der Waals surface area (Å²) < 4.78 is 16.6. The molecule has 0 amide bonds. The fourth-order valence-corrected chi connectivity index (χ4v) is 2.88. The van der Waals surface area contributed by atoms with Crippen LogP contribution in [0.5, 0.6) is 0 Å². The van der Waals surface area contributed by atoms with E-state index >= 15 is 0 Å². The molecule has 6 nitrogen and oxygen atoms in total. The number of carbonyl (C=O) groups is 1. The number of rotatable bonds is 4. The Morgan fingerprint density at radius 1 is 1.12 bits per heavy atom. The molecule has 0 aliphatic rings. The van der Waals surface area contributed by atoms with Crippen molar-refractivity contribution in [3.8, 4) is 11.3 Å². The van der Waals surface area contributed by atoms with E-state index in [2.05, 4.69) is 10.2 Å². The lowest BCUT2D eigenvalue weighted by atomic mass is 10.1. The Kier molecular flexibility index (Phi) is 3.76. The average Bonchev–Trinajstić information content (AvgIpc) is 3.20. The standard InChI is InChI=1S/C19H15FN4O2/c1-12-9-18(19(25)26)21-23(12)11-16-4-2-3-15-10-17(22-24(15)16)13-5-7-14(20)8-6-13/h2-10H,11H2,1H3,(H,25,26). The van der Waals surface area contributed by atoms with E-state index in [1.165, 1.54) is 18.2 Å². The Labute approximate surface area is 148 Å². The zero-order chi connectivity index (χ0) is 18.3. The van der Waals surface area contributed by atoms with Crippen molar-refractivity contribution >= 4 is 11.5 Å². The number of hydrogen-bond donors (Lipinski definition) is 1. The first kappa shape index (κ1) is 16.0. The number of fused-ring (bicyclic) bond motifs is 1. The molecule has 0 aliphatic heterocycles. The Balaban J connectivity index is 1.74. The first-order valence-electron chi connectivity index (χ1n) is 8.02. The van der Waals surface area contributed by atoms with Gasteiger partial charge >= 0.3 is 5.97 Å². The fraction of sp³-hybridized carbons (Fsp3) is 0.105. The van der Waals surface area contributed by atoms with Crippen LogP contribution in [-0.2, 0) is 6.54 Å². The van der Waals surface area contributed by atoms with Crippen LogP contribution in [0.1, 0.15) is 21.9 Å². The molecule has 0 radical (unpaired) electrons. The molecule has 0 unspecified atom stereocenters. The van der Waals surface area contributed by atoms with Crippen molar-refractivity contribution in [2.75, 3.05) is 0 Å². The zero-order valence-corrected chi connectivity index (χ0v) is 13.9. The summed E-state index contributed by atoms with van der Waals surface area (Å²) in [5.41, 5.74) is 4.09. The van der Waals surface area contributed by atoms with E-state index in [0.717, 1.165) is 28.2 Å². The van der Waals surface area contributed by atoms with Crippen molar-refractivity contribution in [2.45, 2.75) is 13.5 Å². The number of carboxylic acids is 1. The quantitative estimate of drug-likeness (QED) is 0.612. The SMILES string of the molecule is Cc1cc(C(=O)O)nn1Cc1cccc2cc(-c3ccc(F)cc3)nn12. The van der Waals surface area contributed by atoms with Gasteiger partial charge < -0.3 is 5.11 Å². The van der Waals surface area contributed by atoms with E-state index in [-0.39, 0.29) is 11.5 Å². The van der Waals surface area contributed by atoms with Crippen LogP contribution >= 0.6 is 0 Å². The van der Waals surface area contributed by atoms with E-state index < -0.39 is 5.97 Å². The molecule has 0 atom stereocenters. The second-order valence-electron chi connectivity index (χ2n) is 6.02. The smallest absolute Gasteiger partial charge is 0.356 e. The van der Waals surface area contributed by atoms with Crippen molar-refractivity contribution in [3.63, 3.8) is 0 Å². The lowest BCUT2D eigenvalue weighted by Crippen LogP contribution is -2.09. The molecular weight excluding hydrogens is 335 g/mol. The molecule has 0 fully saturated rings. The molecule has 3 heterocycles. The third kappa shape index (κ3) is 2.83. The van der Waals surface area contributed by atoms with E-state index in [1.54, 1.807) is 21.3 Å². The number of nitrogens with zero attached hydrogens (tertiary/aromatic N) is 4. The first-order chi connectivity index (χ1) is 12.5. The minimum Gasteiger partial charge on any atom is -0.476 e. The predicted octanol–water partition coefficient (Wildman–Crippen LogP) is 3.39. The molecule has 0 saturated heterocycles. The lowest BCUT2D eigenvalue weighted by molar-refractivity contribution is 0.0689. The summed E-state index contributed by atoms with van der Waals surface area (Å²) in [5, 5.41) is 17.8. The average molecular weight is 350 g/mol. The lowest BCUT2D eigenvalue weighted by Gasteiger charge is -2.07. The van der Waals surface area contributed by atoms with Gasteiger partial charge in [0.15, 0.2) is 5.69 Å². The molecule has 1 N–H and O–H groups in total. The highest BCUT2D eigenvalue weighted by molar-refractivity contribution is 5.85. The van der Waals surface area contributed by atoms with Crippen LogP contribution in [0.25, 0.3) is 16.8 Å². The van der Waals surface area contributed by atoms with Gasteiger partial charge in [-0.05, 0) is 55.5 Å². The van der Waals surface area contributed by atoms with Gasteiger partial charge in [0, 0.05) is 11.3 Å². The number of halogens is 1. The number of hydrogen-bond acceptors (Lipinski definition) is 3. The Morgan fingerprint density at radius 3 is 2.58 bits per heavy atom. The van der Waals surface area contributed by atoms with Crippen LogP contribution in [-0.4, -0.2) is 30.5 Å². The largest absolute Gasteiger partial charge is 0.476 e. The van der Waals surface area contributed by atoms with Gasteiger partial charge in [-0.3, -0.25) is 4.68 Å². The highest BCUT2D eigenvalue weighted by Gasteiger charge is 2.13. The first-order valence-corrected chi connectivity index (χ1v) is 8.02. The van der Waals surface area contributed by atoms with E-state index in [1.807, 2.05) is 31.2 Å². The highest BCUT2D eigenvalue weighted by Crippen LogP contribution is 2.21. The minimum absolute atomic E-state index is 0.0159. The second kappa shape index (κ2) is 6.11. The maximum Gasteiger partial charge on any atom is 0.356 e. The van der Waals surface area contributed by atoms with Crippen LogP contribution < -0.4 is 0 Å². The third-order valence-corrected chi connectivity index (χ3v) is 4.22. The number of aryl methyl sites for hydroxylation is 1. The maximum absolute atomic E-state index is 13.1. The minimum atomic E-state index is -1.05. The van der Waals surface area contributed by atoms with E-state index in [9.17, 15) is 9.18 Å². The van der Waals surface area contributed by atoms with Crippen LogP contribution in [0.3, 0.4) is 0 Å². The third-order valence-electron chi connectivity index (χ3n) is 4.22. The summed E-state index contributed by atoms with van der Waals surface area (Å²) >= 11 is 0. The molecule has 4 aromatic rings. The van der Waals surface area contributed by atoms with Crippen molar-refractivity contribution < 1.29 is 14.3 Å². The van der Waals surface area contributed by atoms with Gasteiger partial charge in [0.1, 0.15) is 5.82 Å². The number of aromatic carboxylic acids is 1. The number of benzene rings is 1. The molecule has 26 heavy (non-hydrogen) atoms. The second-order valence-corrected chi connectivity index (χ2v) is 6.02. The molecule has 7 heteroatoms. The molecule has 130 valence electrons. The van der Waals surface area contributed by atoms with Gasteiger partial charge in [-0.25, -0.2) is 13.7 Å². The molecule has 0 spiro atoms. The highest BCUT2D eigenvalue weighted by atomic mass is 19.1. The van der Waals surface area contributed by atoms with Crippen molar-refractivity contribution in [1.82, 2.24) is 19.4 Å². The maximum atomic E-state index is 13.1. The predicted molar refractivity (Wildman–Crippen MR) is 93.6 cm³/mol. The van der Waals surface area contributed by atoms with Crippen molar-refractivity contribution in [2.24, 2.45) is 0 Å². The molecule has 0 bridgehead atoms. The Hall–Kier alpha value is -3.48. The molecule has 1 aromatic carbocycles. The topological polar surface area (TPSA) is 72.4 Å². The normalized spacial score (nSPS) is 11.2. The molecule has 3 aromatic heterocycles. The number of aromatic nitrogens is 4. The molecular formula is C19H15FN4O2. The van der Waals surface area contributed by atoms with Gasteiger partial charge in [0.05, 0.1) is 23.4 Å². The fourth-order valence-electron chi connectivity index (χ4n) is 2.88. The van der Waals surface area contributed by atoms with Gasteiger partial charge in [-0.1, -0.05) is 6.07 Å². The summed E-state index contributed by atoms with van der Waals surface area (Å²) in [5.74, 6) is -1.34. The number of carboxylic acid groups (broad SMARTS) is 1. The van der Waals surface area contributed by atoms with Crippen molar-refractivity contribution in [1.29, 1.82) is 0 Å². The van der Waals surface area contributed by atoms with Gasteiger partial charge in [-0.2, -0.15) is 10.2 Å². The van der Waals surface area contributed by atoms with Gasteiger partial charge in [0.25, 0.3) is 0 Å². The van der Waals surface area contributed by atoms with Crippen molar-refractivity contribution in [3.05, 3.63) is 77.5 Å². The summed E-state index contributed by atoms with van der Waals surface area (Å²) in [6.45, 7) is 2.20. The summed E-state index contributed by atoms with van der Waals surface area (Å²) in [6, 6.07) is 15.4. The molecule has 4 rings (SSSR count).